The minimum Gasteiger partial charge on any atom is -0.393 e. The van der Waals surface area contributed by atoms with E-state index >= 15 is 0 Å². The summed E-state index contributed by atoms with van der Waals surface area (Å²) in [6.07, 6.45) is 0. The number of hydrogen-bond acceptors (Lipinski definition) is 2. The molecule has 0 aliphatic carbocycles. The van der Waals surface area contributed by atoms with Crippen molar-refractivity contribution in [3.05, 3.63) is 6.92 Å². The Labute approximate surface area is 37.4 Å². The molecule has 2 nitrogen and oxygen atoms in total. The van der Waals surface area contributed by atoms with Crippen LogP contribution in [-0.4, -0.2) is 22.4 Å². The van der Waals surface area contributed by atoms with Crippen molar-refractivity contribution >= 4 is 0 Å². The third-order valence-corrected chi connectivity index (χ3v) is 0.341. The summed E-state index contributed by atoms with van der Waals surface area (Å²) in [5.74, 6) is 0. The smallest absolute Gasteiger partial charge is 0.0850 e. The van der Waals surface area contributed by atoms with Crippen LogP contribution in [0.1, 0.15) is 6.92 Å². The maximum Gasteiger partial charge on any atom is 0.0850 e. The van der Waals surface area contributed by atoms with Gasteiger partial charge in [0, 0.05) is 0 Å². The van der Waals surface area contributed by atoms with E-state index in [0.29, 0.717) is 0 Å². The molecular weight excluding hydrogens is 80.0 g/mol. The molecule has 0 saturated carbocycles. The number of rotatable bonds is 1. The first-order valence-electron chi connectivity index (χ1n) is 1.75. The zero-order valence-electron chi connectivity index (χ0n) is 3.81. The van der Waals surface area contributed by atoms with Gasteiger partial charge in [-0.05, 0) is 13.8 Å². The fraction of sp³-hybridized carbons (Fsp3) is 0.750. The van der Waals surface area contributed by atoms with Gasteiger partial charge in [-0.25, -0.2) is 0 Å². The summed E-state index contributed by atoms with van der Waals surface area (Å²) < 4.78 is 0. The Morgan fingerprint density at radius 2 is 2.00 bits per heavy atom. The predicted molar refractivity (Wildman–Crippen MR) is 23.1 cm³/mol. The quantitative estimate of drug-likeness (QED) is 0.457. The summed E-state index contributed by atoms with van der Waals surface area (Å²) in [7, 11) is 0. The van der Waals surface area contributed by atoms with Crippen LogP contribution in [0.25, 0.3) is 0 Å². The van der Waals surface area contributed by atoms with E-state index in [0.717, 1.165) is 0 Å². The van der Waals surface area contributed by atoms with Gasteiger partial charge in [-0.15, -0.1) is 0 Å². The molecule has 6 heavy (non-hydrogen) atoms. The lowest BCUT2D eigenvalue weighted by molar-refractivity contribution is 0.0410. The molecule has 0 fully saturated rings. The lowest BCUT2D eigenvalue weighted by Crippen LogP contribution is -2.23. The average Bonchev–Trinajstić information content (AvgIpc) is 1.35. The zero-order chi connectivity index (χ0) is 5.21. The third-order valence-electron chi connectivity index (χ3n) is 0.341. The van der Waals surface area contributed by atoms with E-state index < -0.39 is 5.60 Å². The van der Waals surface area contributed by atoms with Crippen molar-refractivity contribution in [2.24, 2.45) is 0 Å². The molecule has 37 valence electrons. The number of aliphatic hydroxyl groups excluding tert-OH is 1. The molecule has 0 amide bonds. The van der Waals surface area contributed by atoms with Gasteiger partial charge in [-0.3, -0.25) is 0 Å². The van der Waals surface area contributed by atoms with Gasteiger partial charge in [-0.2, -0.15) is 0 Å². The molecule has 1 atom stereocenters. The van der Waals surface area contributed by atoms with E-state index in [1.807, 2.05) is 0 Å². The van der Waals surface area contributed by atoms with Gasteiger partial charge >= 0.3 is 0 Å². The van der Waals surface area contributed by atoms with Crippen molar-refractivity contribution in [2.45, 2.75) is 12.5 Å². The van der Waals surface area contributed by atoms with E-state index in [9.17, 15) is 0 Å². The van der Waals surface area contributed by atoms with Crippen LogP contribution in [0, 0.1) is 6.92 Å². The Morgan fingerprint density at radius 3 is 2.00 bits per heavy atom. The number of aliphatic hydroxyl groups is 2. The first kappa shape index (κ1) is 5.92. The zero-order valence-corrected chi connectivity index (χ0v) is 3.81. The Kier molecular flexibility index (Phi) is 1.56. The van der Waals surface area contributed by atoms with Crippen LogP contribution in [0.2, 0.25) is 0 Å². The van der Waals surface area contributed by atoms with Crippen LogP contribution >= 0.6 is 0 Å². The van der Waals surface area contributed by atoms with Gasteiger partial charge in [0.1, 0.15) is 0 Å². The molecular formula is C4H9O2. The van der Waals surface area contributed by atoms with Crippen molar-refractivity contribution in [1.82, 2.24) is 0 Å². The van der Waals surface area contributed by atoms with Crippen LogP contribution in [0.4, 0.5) is 0 Å². The van der Waals surface area contributed by atoms with Gasteiger partial charge in [0.2, 0.25) is 0 Å². The summed E-state index contributed by atoms with van der Waals surface area (Å²) in [6.45, 7) is 4.35. The molecule has 0 aromatic heterocycles. The van der Waals surface area contributed by atoms with E-state index in [1.54, 1.807) is 0 Å². The summed E-state index contributed by atoms with van der Waals surface area (Å²) in [5, 5.41) is 16.6. The monoisotopic (exact) mass is 89.1 g/mol. The van der Waals surface area contributed by atoms with Gasteiger partial charge in [0.15, 0.2) is 0 Å². The molecule has 0 aromatic rings. The second kappa shape index (κ2) is 1.58. The highest BCUT2D eigenvalue weighted by molar-refractivity contribution is 4.71. The normalized spacial score (nSPS) is 12.0. The standard InChI is InChI=1S/C4H9O2/c1-4(2,6)3-5/h5-6H,1,3H2,2H3/t4-/m1/s1. The van der Waals surface area contributed by atoms with Crippen molar-refractivity contribution < 1.29 is 10.2 Å². The minimum atomic E-state index is -1.15. The lowest BCUT2D eigenvalue weighted by atomic mass is 10.2. The fourth-order valence-corrected chi connectivity index (χ4v) is 0. The first-order valence-corrected chi connectivity index (χ1v) is 1.75. The minimum absolute atomic E-state index is 0.285. The Bertz CT molecular complexity index is 35.3. The molecule has 0 aliphatic heterocycles. The van der Waals surface area contributed by atoms with Crippen molar-refractivity contribution in [2.75, 3.05) is 6.61 Å². The molecule has 0 bridgehead atoms. The van der Waals surface area contributed by atoms with Gasteiger partial charge in [0.05, 0.1) is 12.2 Å². The second-order valence-corrected chi connectivity index (χ2v) is 1.66. The molecule has 2 heteroatoms. The second-order valence-electron chi connectivity index (χ2n) is 1.66. The molecule has 0 aromatic carbocycles. The fourth-order valence-electron chi connectivity index (χ4n) is 0. The molecule has 0 aliphatic rings. The number of hydrogen-bond donors (Lipinski definition) is 2. The topological polar surface area (TPSA) is 40.5 Å². The summed E-state index contributed by atoms with van der Waals surface area (Å²) in [4.78, 5) is 0. The Balaban J connectivity index is 3.17. The largest absolute Gasteiger partial charge is 0.393 e. The highest BCUT2D eigenvalue weighted by Crippen LogP contribution is 1.94. The molecule has 0 heterocycles. The molecule has 2 N–H and O–H groups in total. The Morgan fingerprint density at radius 1 is 1.83 bits per heavy atom. The Hall–Kier alpha value is -0.0800. The van der Waals surface area contributed by atoms with E-state index in [1.165, 1.54) is 6.92 Å². The van der Waals surface area contributed by atoms with Gasteiger partial charge in [0.25, 0.3) is 0 Å². The van der Waals surface area contributed by atoms with Crippen molar-refractivity contribution in [1.29, 1.82) is 0 Å². The van der Waals surface area contributed by atoms with Crippen LogP contribution < -0.4 is 0 Å². The summed E-state index contributed by atoms with van der Waals surface area (Å²) in [5.41, 5.74) is -1.15. The van der Waals surface area contributed by atoms with Crippen LogP contribution in [0.3, 0.4) is 0 Å². The van der Waals surface area contributed by atoms with Crippen LogP contribution in [-0.2, 0) is 0 Å². The molecule has 0 rings (SSSR count). The van der Waals surface area contributed by atoms with E-state index in [4.69, 9.17) is 10.2 Å². The molecule has 0 unspecified atom stereocenters. The first-order chi connectivity index (χ1) is 2.56. The lowest BCUT2D eigenvalue weighted by Gasteiger charge is -2.10. The van der Waals surface area contributed by atoms with Gasteiger partial charge < -0.3 is 10.2 Å². The molecule has 1 radical (unpaired) electrons. The van der Waals surface area contributed by atoms with Crippen LogP contribution in [0.15, 0.2) is 0 Å². The highest BCUT2D eigenvalue weighted by atomic mass is 16.3. The van der Waals surface area contributed by atoms with E-state index in [-0.39, 0.29) is 6.61 Å². The molecule has 0 saturated heterocycles. The summed E-state index contributed by atoms with van der Waals surface area (Å²) in [6, 6.07) is 0. The average molecular weight is 89.1 g/mol. The van der Waals surface area contributed by atoms with Crippen molar-refractivity contribution in [3.63, 3.8) is 0 Å². The van der Waals surface area contributed by atoms with Gasteiger partial charge in [-0.1, -0.05) is 0 Å². The summed E-state index contributed by atoms with van der Waals surface area (Å²) >= 11 is 0. The predicted octanol–water partition coefficient (Wildman–Crippen LogP) is -0.436. The maximum absolute atomic E-state index is 8.47. The third kappa shape index (κ3) is 3.92. The van der Waals surface area contributed by atoms with Crippen molar-refractivity contribution in [3.8, 4) is 0 Å². The van der Waals surface area contributed by atoms with E-state index in [2.05, 4.69) is 6.92 Å². The van der Waals surface area contributed by atoms with Crippen LogP contribution in [0.5, 0.6) is 0 Å². The maximum atomic E-state index is 8.47. The molecule has 0 spiro atoms. The SMILES string of the molecule is [CH2][C@](C)(O)CO. The highest BCUT2D eigenvalue weighted by Gasteiger charge is 2.07.